The molecule has 22 N–H and O–H groups in total. The minimum absolute atomic E-state index is 0.0246. The van der Waals surface area contributed by atoms with Gasteiger partial charge < -0.3 is 198 Å². The van der Waals surface area contributed by atoms with Crippen molar-refractivity contribution in [3.8, 4) is 11.5 Å². The van der Waals surface area contributed by atoms with Crippen LogP contribution in [-0.2, 0) is 90.1 Å². The van der Waals surface area contributed by atoms with E-state index in [-0.39, 0.29) is 52.1 Å². The van der Waals surface area contributed by atoms with E-state index < -0.39 is 301 Å². The van der Waals surface area contributed by atoms with E-state index in [0.29, 0.717) is 56.9 Å². The Morgan fingerprint density at radius 2 is 1.02 bits per heavy atom. The predicted molar refractivity (Wildman–Crippen MR) is 426 cm³/mol. The van der Waals surface area contributed by atoms with Gasteiger partial charge in [0.25, 0.3) is 0 Å². The van der Waals surface area contributed by atoms with Crippen molar-refractivity contribution in [3.05, 3.63) is 41.5 Å². The molecule has 46 unspecified atom stereocenters. The van der Waals surface area contributed by atoms with Gasteiger partial charge in [-0.3, -0.25) is 4.79 Å². The second-order valence-electron chi connectivity index (χ2n) is 39.3. The molecule has 0 aromatic heterocycles. The van der Waals surface area contributed by atoms with Gasteiger partial charge in [-0.25, -0.2) is 4.79 Å². The van der Waals surface area contributed by atoms with E-state index in [0.717, 1.165) is 24.5 Å². The fourth-order valence-corrected chi connectivity index (χ4v) is 22.9. The number of aliphatic hydroxyl groups is 21. The molecule has 46 atom stereocenters. The lowest BCUT2D eigenvalue weighted by atomic mass is 9.33. The van der Waals surface area contributed by atoms with Gasteiger partial charge in [-0.05, 0) is 147 Å². The fraction of sp³-hybridized carbons (Fsp3) is 0.860. The van der Waals surface area contributed by atoms with Gasteiger partial charge in [0, 0.05) is 6.08 Å². The summed E-state index contributed by atoms with van der Waals surface area (Å²) in [6.07, 6.45) is -56.2. The van der Waals surface area contributed by atoms with E-state index in [2.05, 4.69) is 54.5 Å². The number of hydrogen-bond acceptors (Lipinski definition) is 42. The lowest BCUT2D eigenvalue weighted by molar-refractivity contribution is -0.386. The summed E-state index contributed by atoms with van der Waals surface area (Å²) in [5, 5.41) is 244. The molecule has 0 bridgehead atoms. The number of methoxy groups -OCH3 is 1. The van der Waals surface area contributed by atoms with Crippen molar-refractivity contribution >= 4 is 18.0 Å². The van der Waals surface area contributed by atoms with Gasteiger partial charge in [0.2, 0.25) is 6.29 Å². The van der Waals surface area contributed by atoms with Gasteiger partial charge >= 0.3 is 11.9 Å². The average molecular weight is 1840 g/mol. The number of rotatable bonds is 24. The number of aliphatic hydroxyl groups excluding tert-OH is 21. The van der Waals surface area contributed by atoms with Crippen LogP contribution in [0.25, 0.3) is 6.08 Å². The first-order chi connectivity index (χ1) is 60.3. The predicted octanol–water partition coefficient (Wildman–Crippen LogP) is -5.43. The molecule has 8 saturated heterocycles. The molecule has 0 spiro atoms. The molecular weight excluding hydrogens is 1700 g/mol. The SMILES string of the molecule is COc1ccc(C=CC(=O)OC2C(OC3C(CO)OC(OC4COC(OC5C(O)C(C)OC(OC6C(OC7CCC8(C)C(CCC9(C)C8CC=C8C%10CC(C)(C)CCC%10(C(=O)OC%10OC(COC%11OC(CO)C(OC%12OC(C)C(O)C(O)C%12O)C(O)C%11O)C(O)C(O)C%10O)CCC89C)C7(C)C)OCC(O)C6O)C5O)C(O)C4O)C(O)C3O)OC(CO)C(O)C2O)cc1O. The Labute approximate surface area is 738 Å². The van der Waals surface area contributed by atoms with Crippen LogP contribution in [-0.4, -0.2) is 411 Å². The molecule has 14 rings (SSSR count). The molecule has 42 heteroatoms. The van der Waals surface area contributed by atoms with E-state index in [1.807, 2.05) is 0 Å². The smallest absolute Gasteiger partial charge is 0.331 e. The van der Waals surface area contributed by atoms with Crippen LogP contribution in [0.4, 0.5) is 0 Å². The summed E-state index contributed by atoms with van der Waals surface area (Å²) in [5.74, 6) is -2.08. The standard InChI is InChI=1S/C86H132O42/c1-33-50(93)56(99)62(105)74(115-33)124-67-42(28-88)118-72(64(107)59(67)102)113-31-44-54(97)57(100)63(106)76(121-44)128-80(110)86-23-21-81(3,4)26-37(86)36-13-15-47-83(7)19-18-48(82(5,6)46(83)17-20-85(47,9)84(36,8)22-24-86)122-78-70(52(95)39(91)30-112-78)127-77-66(109)69(51(94)34(2)116-77)126-73-61(104)55(98)45(32-114-73)120-75-65(108)60(103)68(43(29-89)119-75)125-79-71(58(101)53(96)41(27-87)117-79)123-49(92)16-12-35-11-14-40(111-10)38(90)25-35/h11-14,16,25,33-34,37,39,41-48,50-79,87-91,93-109H,15,17-24,26-32H2,1-10H3. The van der Waals surface area contributed by atoms with Crippen molar-refractivity contribution in [2.45, 2.75) is 366 Å². The van der Waals surface area contributed by atoms with E-state index in [1.165, 1.54) is 45.2 Å². The second-order valence-corrected chi connectivity index (χ2v) is 39.3. The van der Waals surface area contributed by atoms with E-state index in [4.69, 9.17) is 85.3 Å². The average Bonchev–Trinajstić information content (AvgIpc) is 0.673. The van der Waals surface area contributed by atoms with Crippen molar-refractivity contribution in [1.82, 2.24) is 0 Å². The molecular formula is C86H132O42. The van der Waals surface area contributed by atoms with Crippen LogP contribution in [0.3, 0.4) is 0 Å². The number of allylic oxidation sites excluding steroid dienone is 2. The van der Waals surface area contributed by atoms with Crippen molar-refractivity contribution < 1.29 is 207 Å². The number of hydrogen-bond donors (Lipinski definition) is 22. The number of esters is 2. The lowest BCUT2D eigenvalue weighted by Gasteiger charge is -2.71. The summed E-state index contributed by atoms with van der Waals surface area (Å²) in [7, 11) is 1.34. The van der Waals surface area contributed by atoms with Crippen molar-refractivity contribution in [1.29, 1.82) is 0 Å². The highest BCUT2D eigenvalue weighted by atomic mass is 16.8. The number of phenolic OH excluding ortho intramolecular Hbond substituents is 1. The third-order valence-corrected chi connectivity index (χ3v) is 30.9. The molecule has 128 heavy (non-hydrogen) atoms. The highest BCUT2D eigenvalue weighted by molar-refractivity contribution is 5.87. The number of phenols is 1. The normalized spacial score (nSPS) is 50.2. The Kier molecular flexibility index (Phi) is 30.5. The molecule has 8 aliphatic heterocycles. The van der Waals surface area contributed by atoms with E-state index >= 15 is 4.79 Å². The maximum Gasteiger partial charge on any atom is 0.331 e. The molecule has 0 amide bonds. The Bertz CT molecular complexity index is 3970. The van der Waals surface area contributed by atoms with Crippen LogP contribution in [0.15, 0.2) is 35.9 Å². The first-order valence-corrected chi connectivity index (χ1v) is 44.3. The third-order valence-electron chi connectivity index (χ3n) is 30.9. The summed E-state index contributed by atoms with van der Waals surface area (Å²) < 4.78 is 106. The molecule has 8 heterocycles. The minimum Gasteiger partial charge on any atom is -0.504 e. The van der Waals surface area contributed by atoms with Crippen molar-refractivity contribution in [3.63, 3.8) is 0 Å². The molecule has 4 saturated carbocycles. The molecule has 42 nitrogen and oxygen atoms in total. The van der Waals surface area contributed by atoms with Gasteiger partial charge in [-0.15, -0.1) is 0 Å². The summed E-state index contributed by atoms with van der Waals surface area (Å²) in [6.45, 7) is 14.1. The molecule has 12 fully saturated rings. The summed E-state index contributed by atoms with van der Waals surface area (Å²) >= 11 is 0. The van der Waals surface area contributed by atoms with Crippen LogP contribution >= 0.6 is 0 Å². The quantitative estimate of drug-likeness (QED) is 0.0199. The minimum atomic E-state index is -2.11. The van der Waals surface area contributed by atoms with Crippen molar-refractivity contribution in [2.24, 2.45) is 50.2 Å². The summed E-state index contributed by atoms with van der Waals surface area (Å²) in [5.41, 5.74) is -1.57. The number of benzene rings is 1. The number of carbonyl (C=O) groups is 2. The van der Waals surface area contributed by atoms with Crippen molar-refractivity contribution in [2.75, 3.05) is 46.8 Å². The number of fused-ring (bicyclic) bond motifs is 7. The Balaban J connectivity index is 0.594. The molecule has 1 aromatic rings. The largest absolute Gasteiger partial charge is 0.504 e. The second kappa shape index (κ2) is 39.1. The summed E-state index contributed by atoms with van der Waals surface area (Å²) in [6, 6.07) is 4.20. The van der Waals surface area contributed by atoms with Crippen LogP contribution in [0.2, 0.25) is 0 Å². The van der Waals surface area contributed by atoms with Gasteiger partial charge in [0.05, 0.1) is 70.5 Å². The topological polar surface area (TPSA) is 645 Å². The monoisotopic (exact) mass is 1840 g/mol. The zero-order valence-corrected chi connectivity index (χ0v) is 73.0. The maximum absolute atomic E-state index is 15.4. The Morgan fingerprint density at radius 3 is 1.68 bits per heavy atom. The Morgan fingerprint density at radius 1 is 0.469 bits per heavy atom. The van der Waals surface area contributed by atoms with Crippen LogP contribution in [0, 0.1) is 50.2 Å². The van der Waals surface area contributed by atoms with E-state index in [9.17, 15) is 117 Å². The molecule has 728 valence electrons. The maximum atomic E-state index is 15.4. The number of aromatic hydroxyl groups is 1. The highest BCUT2D eigenvalue weighted by Crippen LogP contribution is 2.76. The van der Waals surface area contributed by atoms with Crippen LogP contribution < -0.4 is 4.74 Å². The zero-order chi connectivity index (χ0) is 93.0. The third kappa shape index (κ3) is 18.5. The van der Waals surface area contributed by atoms with Crippen LogP contribution in [0.5, 0.6) is 11.5 Å². The van der Waals surface area contributed by atoms with E-state index in [1.54, 1.807) is 0 Å². The van der Waals surface area contributed by atoms with Gasteiger partial charge in [0.15, 0.2) is 61.6 Å². The zero-order valence-electron chi connectivity index (χ0n) is 73.0. The molecule has 13 aliphatic rings. The van der Waals surface area contributed by atoms with Gasteiger partial charge in [-0.2, -0.15) is 0 Å². The van der Waals surface area contributed by atoms with Gasteiger partial charge in [0.1, 0.15) is 165 Å². The lowest BCUT2D eigenvalue weighted by Crippen LogP contribution is -2.67. The highest BCUT2D eigenvalue weighted by Gasteiger charge is 2.71. The molecule has 0 radical (unpaired) electrons. The van der Waals surface area contributed by atoms with Gasteiger partial charge in [-0.1, -0.05) is 66.2 Å². The number of carbonyl (C=O) groups excluding carboxylic acids is 2. The number of ether oxygens (including phenoxy) is 18. The summed E-state index contributed by atoms with van der Waals surface area (Å²) in [4.78, 5) is 28.6. The molecule has 1 aromatic carbocycles. The fourth-order valence-electron chi connectivity index (χ4n) is 22.9. The van der Waals surface area contributed by atoms with Crippen LogP contribution in [0.1, 0.15) is 132 Å². The first-order valence-electron chi connectivity index (χ1n) is 44.3. The molecule has 5 aliphatic carbocycles. The first kappa shape index (κ1) is 99.8. The Hall–Kier alpha value is -4.20.